The molecule has 0 fully saturated rings. The van der Waals surface area contributed by atoms with Gasteiger partial charge in [0.2, 0.25) is 5.91 Å². The summed E-state index contributed by atoms with van der Waals surface area (Å²) < 4.78 is 5.30. The number of aromatic nitrogens is 1. The second kappa shape index (κ2) is 9.80. The van der Waals surface area contributed by atoms with Crippen LogP contribution in [0.1, 0.15) is 58.6 Å². The van der Waals surface area contributed by atoms with Crippen LogP contribution in [-0.2, 0) is 16.0 Å². The molecule has 2 amide bonds. The van der Waals surface area contributed by atoms with E-state index >= 15 is 0 Å². The summed E-state index contributed by atoms with van der Waals surface area (Å²) in [6, 6.07) is 7.43. The molecule has 0 spiro atoms. The van der Waals surface area contributed by atoms with E-state index in [1.165, 1.54) is 11.3 Å². The number of nitrogens with zero attached hydrogens (tertiary/aromatic N) is 1. The topological polar surface area (TPSA) is 80.3 Å². The number of fused-ring (bicyclic) bond motifs is 1. The lowest BCUT2D eigenvalue weighted by Crippen LogP contribution is -2.32. The SMILES string of the molecule is CCOCCCNC(=O)C1CCCc2sc(NC(=O)c3ccc(C)cc3)nc21. The van der Waals surface area contributed by atoms with Crippen molar-refractivity contribution in [3.8, 4) is 0 Å². The van der Waals surface area contributed by atoms with Gasteiger partial charge in [-0.05, 0) is 51.7 Å². The van der Waals surface area contributed by atoms with Crippen molar-refractivity contribution in [2.45, 2.75) is 45.4 Å². The number of amides is 2. The summed E-state index contributed by atoms with van der Waals surface area (Å²) in [4.78, 5) is 30.7. The molecule has 0 radical (unpaired) electrons. The largest absolute Gasteiger partial charge is 0.382 e. The zero-order chi connectivity index (χ0) is 19.9. The minimum atomic E-state index is -0.239. The molecule has 1 unspecified atom stereocenters. The van der Waals surface area contributed by atoms with E-state index in [1.54, 1.807) is 12.1 Å². The Morgan fingerprint density at radius 2 is 2.07 bits per heavy atom. The second-order valence-corrected chi connectivity index (χ2v) is 8.02. The minimum Gasteiger partial charge on any atom is -0.382 e. The number of nitrogens with one attached hydrogen (secondary N) is 2. The number of aryl methyl sites for hydroxylation is 2. The number of thiazole rings is 1. The van der Waals surface area contributed by atoms with E-state index in [9.17, 15) is 9.59 Å². The van der Waals surface area contributed by atoms with E-state index in [0.717, 1.165) is 41.8 Å². The molecule has 0 saturated carbocycles. The average molecular weight is 402 g/mol. The van der Waals surface area contributed by atoms with Crippen LogP contribution in [0.5, 0.6) is 0 Å². The summed E-state index contributed by atoms with van der Waals surface area (Å²) in [5.41, 5.74) is 2.52. The summed E-state index contributed by atoms with van der Waals surface area (Å²) in [5, 5.41) is 6.43. The second-order valence-electron chi connectivity index (χ2n) is 6.93. The Bertz CT molecular complexity index is 817. The predicted molar refractivity (Wildman–Crippen MR) is 111 cm³/mol. The van der Waals surface area contributed by atoms with E-state index in [-0.39, 0.29) is 17.7 Å². The number of hydrogen-bond donors (Lipinski definition) is 2. The molecule has 3 rings (SSSR count). The third kappa shape index (κ3) is 5.17. The Kier molecular flexibility index (Phi) is 7.17. The van der Waals surface area contributed by atoms with Crippen molar-refractivity contribution >= 4 is 28.3 Å². The van der Waals surface area contributed by atoms with Gasteiger partial charge >= 0.3 is 0 Å². The van der Waals surface area contributed by atoms with Crippen LogP contribution in [-0.4, -0.2) is 36.6 Å². The highest BCUT2D eigenvalue weighted by Crippen LogP contribution is 2.37. The Morgan fingerprint density at radius 3 is 2.82 bits per heavy atom. The standard InChI is InChI=1S/C21H27N3O3S/c1-3-27-13-5-12-22-20(26)16-6-4-7-17-18(16)23-21(28-17)24-19(25)15-10-8-14(2)9-11-15/h8-11,16H,3-7,12-13H2,1-2H3,(H,22,26)(H,23,24,25). The van der Waals surface area contributed by atoms with Crippen molar-refractivity contribution in [1.29, 1.82) is 0 Å². The van der Waals surface area contributed by atoms with Crippen LogP contribution in [0.4, 0.5) is 5.13 Å². The minimum absolute atomic E-state index is 0.0131. The predicted octanol–water partition coefficient (Wildman–Crippen LogP) is 3.67. The van der Waals surface area contributed by atoms with Gasteiger partial charge in [0.1, 0.15) is 0 Å². The smallest absolute Gasteiger partial charge is 0.257 e. The summed E-state index contributed by atoms with van der Waals surface area (Å²) in [6.45, 7) is 5.89. The van der Waals surface area contributed by atoms with E-state index in [2.05, 4.69) is 15.6 Å². The maximum absolute atomic E-state index is 12.6. The van der Waals surface area contributed by atoms with Crippen LogP contribution in [0.25, 0.3) is 0 Å². The first-order valence-corrected chi connectivity index (χ1v) is 10.6. The van der Waals surface area contributed by atoms with Gasteiger partial charge in [0.05, 0.1) is 11.6 Å². The zero-order valence-electron chi connectivity index (χ0n) is 16.4. The maximum Gasteiger partial charge on any atom is 0.257 e. The van der Waals surface area contributed by atoms with Gasteiger partial charge < -0.3 is 10.1 Å². The highest BCUT2D eigenvalue weighted by Gasteiger charge is 2.30. The first kappa shape index (κ1) is 20.5. The van der Waals surface area contributed by atoms with Crippen LogP contribution >= 0.6 is 11.3 Å². The molecular formula is C21H27N3O3S. The lowest BCUT2D eigenvalue weighted by molar-refractivity contribution is -0.123. The third-order valence-electron chi connectivity index (χ3n) is 4.77. The fourth-order valence-corrected chi connectivity index (χ4v) is 4.31. The van der Waals surface area contributed by atoms with Crippen LogP contribution in [0.2, 0.25) is 0 Å². The molecule has 28 heavy (non-hydrogen) atoms. The summed E-state index contributed by atoms with van der Waals surface area (Å²) in [7, 11) is 0. The Hall–Kier alpha value is -2.25. The quantitative estimate of drug-likeness (QED) is 0.662. The lowest BCUT2D eigenvalue weighted by Gasteiger charge is -2.20. The molecule has 1 aromatic carbocycles. The Morgan fingerprint density at radius 1 is 1.29 bits per heavy atom. The molecule has 0 saturated heterocycles. The molecule has 7 heteroatoms. The van der Waals surface area contributed by atoms with Crippen LogP contribution in [0.15, 0.2) is 24.3 Å². The molecule has 2 N–H and O–H groups in total. The summed E-state index contributed by atoms with van der Waals surface area (Å²) in [6.07, 6.45) is 3.45. The lowest BCUT2D eigenvalue weighted by atomic mass is 9.90. The van der Waals surface area contributed by atoms with Crippen molar-refractivity contribution in [1.82, 2.24) is 10.3 Å². The molecule has 6 nitrogen and oxygen atoms in total. The molecule has 2 aromatic rings. The van der Waals surface area contributed by atoms with Crippen molar-refractivity contribution < 1.29 is 14.3 Å². The molecule has 1 atom stereocenters. The number of carbonyl (C=O) groups is 2. The van der Waals surface area contributed by atoms with E-state index in [0.29, 0.717) is 30.5 Å². The van der Waals surface area contributed by atoms with Gasteiger partial charge in [0.15, 0.2) is 5.13 Å². The number of benzene rings is 1. The molecule has 0 aliphatic heterocycles. The molecule has 1 heterocycles. The monoisotopic (exact) mass is 401 g/mol. The van der Waals surface area contributed by atoms with Gasteiger partial charge in [-0.1, -0.05) is 17.7 Å². The fourth-order valence-electron chi connectivity index (χ4n) is 3.25. The first-order chi connectivity index (χ1) is 13.6. The number of rotatable bonds is 8. The van der Waals surface area contributed by atoms with Crippen LogP contribution in [0, 0.1) is 6.92 Å². The van der Waals surface area contributed by atoms with Crippen molar-refractivity contribution in [2.24, 2.45) is 0 Å². The van der Waals surface area contributed by atoms with Crippen molar-refractivity contribution in [3.05, 3.63) is 46.0 Å². The molecular weight excluding hydrogens is 374 g/mol. The Balaban J connectivity index is 1.62. The highest BCUT2D eigenvalue weighted by molar-refractivity contribution is 7.15. The van der Waals surface area contributed by atoms with Crippen molar-refractivity contribution in [2.75, 3.05) is 25.1 Å². The number of carbonyl (C=O) groups excluding carboxylic acids is 2. The normalized spacial score (nSPS) is 15.7. The summed E-state index contributed by atoms with van der Waals surface area (Å²) in [5.74, 6) is -0.403. The van der Waals surface area contributed by atoms with E-state index < -0.39 is 0 Å². The first-order valence-electron chi connectivity index (χ1n) is 9.81. The number of anilines is 1. The van der Waals surface area contributed by atoms with Gasteiger partial charge in [-0.3, -0.25) is 14.9 Å². The van der Waals surface area contributed by atoms with Crippen LogP contribution < -0.4 is 10.6 Å². The number of ether oxygens (including phenoxy) is 1. The van der Waals surface area contributed by atoms with Gasteiger partial charge in [-0.15, -0.1) is 11.3 Å². The van der Waals surface area contributed by atoms with Gasteiger partial charge in [-0.2, -0.15) is 0 Å². The molecule has 0 bridgehead atoms. The van der Waals surface area contributed by atoms with E-state index in [1.807, 2.05) is 26.0 Å². The van der Waals surface area contributed by atoms with Crippen LogP contribution in [0.3, 0.4) is 0 Å². The van der Waals surface area contributed by atoms with Gasteiger partial charge in [-0.25, -0.2) is 4.98 Å². The van der Waals surface area contributed by atoms with Gasteiger partial charge in [0.25, 0.3) is 5.91 Å². The average Bonchev–Trinajstić information content (AvgIpc) is 3.10. The van der Waals surface area contributed by atoms with Crippen molar-refractivity contribution in [3.63, 3.8) is 0 Å². The maximum atomic E-state index is 12.6. The summed E-state index contributed by atoms with van der Waals surface area (Å²) >= 11 is 1.47. The number of hydrogen-bond acceptors (Lipinski definition) is 5. The highest BCUT2D eigenvalue weighted by atomic mass is 32.1. The molecule has 1 aliphatic rings. The van der Waals surface area contributed by atoms with Gasteiger partial charge in [0, 0.05) is 30.2 Å². The fraction of sp³-hybridized carbons (Fsp3) is 0.476. The van der Waals surface area contributed by atoms with E-state index in [4.69, 9.17) is 4.74 Å². The molecule has 150 valence electrons. The third-order valence-corrected chi connectivity index (χ3v) is 5.82. The Labute approximate surface area is 169 Å². The zero-order valence-corrected chi connectivity index (χ0v) is 17.2. The molecule has 1 aromatic heterocycles. The molecule has 1 aliphatic carbocycles.